The zero-order valence-corrected chi connectivity index (χ0v) is 13.5. The van der Waals surface area contributed by atoms with Crippen LogP contribution in [0.1, 0.15) is 0 Å². The highest BCUT2D eigenvalue weighted by Crippen LogP contribution is 2.32. The van der Waals surface area contributed by atoms with Crippen LogP contribution in [0.3, 0.4) is 0 Å². The molecule has 124 valence electrons. The van der Waals surface area contributed by atoms with Crippen LogP contribution in [0.4, 0.5) is 0 Å². The molecule has 3 aromatic rings. The van der Waals surface area contributed by atoms with Crippen LogP contribution in [0.25, 0.3) is 11.0 Å². The van der Waals surface area contributed by atoms with Crippen molar-refractivity contribution in [2.75, 3.05) is 21.3 Å². The molecule has 0 fully saturated rings. The topological polar surface area (TPSA) is 67.1 Å². The van der Waals surface area contributed by atoms with E-state index in [0.29, 0.717) is 34.0 Å². The lowest BCUT2D eigenvalue weighted by molar-refractivity contribution is 0.350. The van der Waals surface area contributed by atoms with Crippen LogP contribution >= 0.6 is 0 Å². The normalized spacial score (nSPS) is 10.5. The number of hydrogen-bond donors (Lipinski definition) is 0. The molecule has 0 saturated carbocycles. The van der Waals surface area contributed by atoms with Gasteiger partial charge in [0.15, 0.2) is 5.43 Å². The Hall–Kier alpha value is -3.15. The van der Waals surface area contributed by atoms with Gasteiger partial charge in [-0.15, -0.1) is 0 Å². The molecular formula is C18H16O6. The SMILES string of the molecule is COc1ccc(Oc2cc(=O)c3c(OC)cc(OC)cc3o2)cc1. The first-order chi connectivity index (χ1) is 11.6. The lowest BCUT2D eigenvalue weighted by atomic mass is 10.2. The van der Waals surface area contributed by atoms with Crippen molar-refractivity contribution >= 4 is 11.0 Å². The average Bonchev–Trinajstić information content (AvgIpc) is 2.61. The summed E-state index contributed by atoms with van der Waals surface area (Å²) >= 11 is 0. The van der Waals surface area contributed by atoms with Crippen molar-refractivity contribution < 1.29 is 23.4 Å². The van der Waals surface area contributed by atoms with Crippen molar-refractivity contribution in [2.45, 2.75) is 0 Å². The van der Waals surface area contributed by atoms with Gasteiger partial charge in [0.05, 0.1) is 27.4 Å². The maximum atomic E-state index is 12.4. The maximum Gasteiger partial charge on any atom is 0.294 e. The van der Waals surface area contributed by atoms with Gasteiger partial charge in [-0.25, -0.2) is 0 Å². The van der Waals surface area contributed by atoms with E-state index >= 15 is 0 Å². The van der Waals surface area contributed by atoms with Crippen molar-refractivity contribution in [3.05, 3.63) is 52.7 Å². The van der Waals surface area contributed by atoms with Crippen LogP contribution in [-0.4, -0.2) is 21.3 Å². The van der Waals surface area contributed by atoms with Crippen LogP contribution in [0.2, 0.25) is 0 Å². The zero-order valence-electron chi connectivity index (χ0n) is 13.5. The van der Waals surface area contributed by atoms with Gasteiger partial charge in [0, 0.05) is 12.1 Å². The van der Waals surface area contributed by atoms with E-state index in [4.69, 9.17) is 23.4 Å². The molecule has 0 aliphatic rings. The highest BCUT2D eigenvalue weighted by atomic mass is 16.6. The van der Waals surface area contributed by atoms with Crippen LogP contribution in [-0.2, 0) is 0 Å². The average molecular weight is 328 g/mol. The molecule has 6 heteroatoms. The Bertz CT molecular complexity index is 911. The smallest absolute Gasteiger partial charge is 0.294 e. The molecule has 0 N–H and O–H groups in total. The first-order valence-corrected chi connectivity index (χ1v) is 7.16. The maximum absolute atomic E-state index is 12.4. The molecule has 0 amide bonds. The largest absolute Gasteiger partial charge is 0.497 e. The fraction of sp³-hybridized carbons (Fsp3) is 0.167. The van der Waals surface area contributed by atoms with E-state index in [1.54, 1.807) is 43.5 Å². The summed E-state index contributed by atoms with van der Waals surface area (Å²) < 4.78 is 26.8. The fourth-order valence-electron chi connectivity index (χ4n) is 2.30. The fourth-order valence-corrected chi connectivity index (χ4v) is 2.30. The first kappa shape index (κ1) is 15.7. The molecule has 1 heterocycles. The van der Waals surface area contributed by atoms with Crippen molar-refractivity contribution in [2.24, 2.45) is 0 Å². The van der Waals surface area contributed by atoms with Gasteiger partial charge < -0.3 is 23.4 Å². The summed E-state index contributed by atoms with van der Waals surface area (Å²) in [7, 11) is 4.59. The third kappa shape index (κ3) is 2.99. The summed E-state index contributed by atoms with van der Waals surface area (Å²) in [5.74, 6) is 2.20. The quantitative estimate of drug-likeness (QED) is 0.713. The molecule has 0 aliphatic carbocycles. The summed E-state index contributed by atoms with van der Waals surface area (Å²) in [6.07, 6.45) is 0. The van der Waals surface area contributed by atoms with Gasteiger partial charge in [-0.2, -0.15) is 0 Å². The standard InChI is InChI=1S/C18H16O6/c1-20-11-4-6-12(7-5-11)23-17-10-14(19)18-15(22-3)8-13(21-2)9-16(18)24-17/h4-10H,1-3H3. The van der Waals surface area contributed by atoms with Crippen LogP contribution < -0.4 is 24.4 Å². The number of rotatable bonds is 5. The summed E-state index contributed by atoms with van der Waals surface area (Å²) in [6.45, 7) is 0. The number of ether oxygens (including phenoxy) is 4. The summed E-state index contributed by atoms with van der Waals surface area (Å²) in [4.78, 5) is 12.4. The Balaban J connectivity index is 2.04. The number of hydrogen-bond acceptors (Lipinski definition) is 6. The molecule has 3 rings (SSSR count). The van der Waals surface area contributed by atoms with Gasteiger partial charge in [0.25, 0.3) is 5.95 Å². The van der Waals surface area contributed by atoms with Crippen LogP contribution in [0, 0.1) is 0 Å². The lowest BCUT2D eigenvalue weighted by Gasteiger charge is -2.09. The third-order valence-corrected chi connectivity index (χ3v) is 3.48. The molecule has 0 saturated heterocycles. The molecule has 0 aliphatic heterocycles. The molecule has 2 aromatic carbocycles. The first-order valence-electron chi connectivity index (χ1n) is 7.16. The summed E-state index contributed by atoms with van der Waals surface area (Å²) in [5, 5.41) is 0.334. The monoisotopic (exact) mass is 328 g/mol. The Morgan fingerprint density at radius 2 is 1.46 bits per heavy atom. The Kier molecular flexibility index (Phi) is 4.29. The van der Waals surface area contributed by atoms with Gasteiger partial charge >= 0.3 is 0 Å². The Morgan fingerprint density at radius 3 is 2.08 bits per heavy atom. The second-order valence-corrected chi connectivity index (χ2v) is 4.91. The van der Waals surface area contributed by atoms with Crippen LogP contribution in [0.5, 0.6) is 28.9 Å². The molecule has 0 unspecified atom stereocenters. The van der Waals surface area contributed by atoms with Gasteiger partial charge in [0.2, 0.25) is 0 Å². The van der Waals surface area contributed by atoms with Gasteiger partial charge in [-0.3, -0.25) is 4.79 Å². The van der Waals surface area contributed by atoms with Crippen molar-refractivity contribution in [1.29, 1.82) is 0 Å². The molecule has 1 aromatic heterocycles. The molecule has 0 atom stereocenters. The predicted octanol–water partition coefficient (Wildman–Crippen LogP) is 3.61. The zero-order chi connectivity index (χ0) is 17.1. The van der Waals surface area contributed by atoms with Crippen molar-refractivity contribution in [1.82, 2.24) is 0 Å². The second-order valence-electron chi connectivity index (χ2n) is 4.91. The minimum atomic E-state index is -0.265. The lowest BCUT2D eigenvalue weighted by Crippen LogP contribution is -2.03. The number of methoxy groups -OCH3 is 3. The molecule has 0 bridgehead atoms. The number of fused-ring (bicyclic) bond motifs is 1. The van der Waals surface area contributed by atoms with E-state index in [-0.39, 0.29) is 11.4 Å². The van der Waals surface area contributed by atoms with Crippen molar-refractivity contribution in [3.63, 3.8) is 0 Å². The van der Waals surface area contributed by atoms with E-state index in [9.17, 15) is 4.79 Å². The molecule has 6 nitrogen and oxygen atoms in total. The van der Waals surface area contributed by atoms with E-state index < -0.39 is 0 Å². The summed E-state index contributed by atoms with van der Waals surface area (Å²) in [6, 6.07) is 11.5. The number of benzene rings is 2. The third-order valence-electron chi connectivity index (χ3n) is 3.48. The predicted molar refractivity (Wildman–Crippen MR) is 88.7 cm³/mol. The van der Waals surface area contributed by atoms with Crippen molar-refractivity contribution in [3.8, 4) is 28.9 Å². The summed E-state index contributed by atoms with van der Waals surface area (Å²) in [5.41, 5.74) is 0.0569. The highest BCUT2D eigenvalue weighted by molar-refractivity contribution is 5.85. The van der Waals surface area contributed by atoms with E-state index in [1.165, 1.54) is 20.3 Å². The van der Waals surface area contributed by atoms with E-state index in [1.807, 2.05) is 0 Å². The van der Waals surface area contributed by atoms with Gasteiger partial charge in [-0.1, -0.05) is 0 Å². The molecule has 0 spiro atoms. The Labute approximate surface area is 138 Å². The second kappa shape index (κ2) is 6.54. The molecular weight excluding hydrogens is 312 g/mol. The molecule has 24 heavy (non-hydrogen) atoms. The van der Waals surface area contributed by atoms with Gasteiger partial charge in [-0.05, 0) is 24.3 Å². The Morgan fingerprint density at radius 1 is 0.792 bits per heavy atom. The van der Waals surface area contributed by atoms with Crippen LogP contribution in [0.15, 0.2) is 51.7 Å². The molecule has 0 radical (unpaired) electrons. The van der Waals surface area contributed by atoms with Gasteiger partial charge in [0.1, 0.15) is 34.0 Å². The van der Waals surface area contributed by atoms with E-state index in [2.05, 4.69) is 0 Å². The highest BCUT2D eigenvalue weighted by Gasteiger charge is 2.13. The minimum absolute atomic E-state index is 0.0768. The van der Waals surface area contributed by atoms with E-state index in [0.717, 1.165) is 0 Å². The minimum Gasteiger partial charge on any atom is -0.497 e.